The number of hydrogen-bond acceptors (Lipinski definition) is 0. The lowest BCUT2D eigenvalue weighted by molar-refractivity contribution is 1.52. The van der Waals surface area contributed by atoms with Gasteiger partial charge in [0.15, 0.2) is 0 Å². The van der Waals surface area contributed by atoms with Crippen LogP contribution in [0.25, 0.3) is 44.5 Å². The minimum absolute atomic E-state index is 1.08. The van der Waals surface area contributed by atoms with Gasteiger partial charge in [-0.15, -0.1) is 0 Å². The van der Waals surface area contributed by atoms with Crippen LogP contribution in [0.3, 0.4) is 0 Å². The Kier molecular flexibility index (Phi) is 6.07. The lowest BCUT2D eigenvalue weighted by Crippen LogP contribution is -1.87. The fraction of sp³-hybridized carbons (Fsp3) is 0. The Hall–Kier alpha value is -2.94. The molecule has 0 heterocycles. The van der Waals surface area contributed by atoms with Gasteiger partial charge in [-0.3, -0.25) is 0 Å². The van der Waals surface area contributed by atoms with Gasteiger partial charge in [-0.25, -0.2) is 0 Å². The Balaban J connectivity index is 1.45. The molecule has 0 unspecified atom stereocenters. The Morgan fingerprint density at radius 3 is 0.938 bits per heavy atom. The number of halogens is 2. The van der Waals surface area contributed by atoms with Gasteiger partial charge in [-0.1, -0.05) is 141 Å². The summed E-state index contributed by atoms with van der Waals surface area (Å²) in [5.41, 5.74) is 9.61. The van der Waals surface area contributed by atoms with Crippen molar-refractivity contribution >= 4 is 31.9 Å². The van der Waals surface area contributed by atoms with Crippen molar-refractivity contribution in [3.8, 4) is 44.5 Å². The van der Waals surface area contributed by atoms with E-state index in [0.29, 0.717) is 0 Å². The molecule has 0 spiro atoms. The molecule has 0 nitrogen and oxygen atoms in total. The summed E-state index contributed by atoms with van der Waals surface area (Å²) in [5.74, 6) is 0. The zero-order valence-corrected chi connectivity index (χ0v) is 20.5. The first-order valence-corrected chi connectivity index (χ1v) is 12.1. The predicted molar refractivity (Wildman–Crippen MR) is 144 cm³/mol. The molecule has 0 N–H and O–H groups in total. The molecule has 0 bridgehead atoms. The first-order valence-electron chi connectivity index (χ1n) is 10.5. The zero-order valence-electron chi connectivity index (χ0n) is 17.3. The number of benzene rings is 5. The third kappa shape index (κ3) is 4.34. The van der Waals surface area contributed by atoms with Gasteiger partial charge in [0.25, 0.3) is 0 Å². The van der Waals surface area contributed by atoms with Crippen LogP contribution >= 0.6 is 31.9 Å². The smallest absolute Gasteiger partial charge is 0.0260 e. The monoisotopic (exact) mass is 538 g/mol. The van der Waals surface area contributed by atoms with Gasteiger partial charge in [0.1, 0.15) is 0 Å². The largest absolute Gasteiger partial charge is 0.0622 e. The molecule has 5 aromatic rings. The first-order chi connectivity index (χ1) is 15.7. The van der Waals surface area contributed by atoms with E-state index < -0.39 is 0 Å². The number of rotatable bonds is 4. The molecule has 0 aliphatic heterocycles. The van der Waals surface area contributed by atoms with Crippen LogP contribution in [-0.2, 0) is 0 Å². The van der Waals surface area contributed by atoms with Crippen molar-refractivity contribution < 1.29 is 0 Å². The van der Waals surface area contributed by atoms with Gasteiger partial charge >= 0.3 is 0 Å². The average molecular weight is 540 g/mol. The van der Waals surface area contributed by atoms with E-state index in [1.165, 1.54) is 44.5 Å². The van der Waals surface area contributed by atoms with E-state index in [9.17, 15) is 0 Å². The van der Waals surface area contributed by atoms with Crippen LogP contribution in [0.1, 0.15) is 0 Å². The lowest BCUT2D eigenvalue weighted by Gasteiger charge is -2.12. The van der Waals surface area contributed by atoms with Crippen molar-refractivity contribution in [3.05, 3.63) is 130 Å². The van der Waals surface area contributed by atoms with E-state index in [4.69, 9.17) is 0 Å². The van der Waals surface area contributed by atoms with Crippen LogP contribution in [-0.4, -0.2) is 0 Å². The highest BCUT2D eigenvalue weighted by molar-refractivity contribution is 9.11. The topological polar surface area (TPSA) is 0 Å². The third-order valence-corrected chi connectivity index (χ3v) is 6.97. The fourth-order valence-electron chi connectivity index (χ4n) is 3.93. The molecule has 0 aromatic heterocycles. The molecular formula is C30H20Br2. The van der Waals surface area contributed by atoms with Crippen LogP contribution in [0.15, 0.2) is 130 Å². The lowest BCUT2D eigenvalue weighted by atomic mass is 9.97. The van der Waals surface area contributed by atoms with Gasteiger partial charge in [0.2, 0.25) is 0 Å². The van der Waals surface area contributed by atoms with Gasteiger partial charge in [0, 0.05) is 8.95 Å². The van der Waals surface area contributed by atoms with Crippen LogP contribution in [0.2, 0.25) is 0 Å². The van der Waals surface area contributed by atoms with Crippen molar-refractivity contribution in [2.75, 3.05) is 0 Å². The second-order valence-corrected chi connectivity index (χ2v) is 9.41. The van der Waals surface area contributed by atoms with Crippen molar-refractivity contribution in [2.45, 2.75) is 0 Å². The summed E-state index contributed by atoms with van der Waals surface area (Å²) in [5, 5.41) is 0. The highest BCUT2D eigenvalue weighted by atomic mass is 79.9. The maximum Gasteiger partial charge on any atom is 0.0260 e. The third-order valence-electron chi connectivity index (χ3n) is 5.66. The van der Waals surface area contributed by atoms with E-state index in [1.807, 2.05) is 12.1 Å². The van der Waals surface area contributed by atoms with Gasteiger partial charge in [-0.05, 0) is 56.6 Å². The highest BCUT2D eigenvalue weighted by Gasteiger charge is 2.11. The molecule has 0 saturated carbocycles. The van der Waals surface area contributed by atoms with Gasteiger partial charge in [-0.2, -0.15) is 0 Å². The summed E-state index contributed by atoms with van der Waals surface area (Å²) in [4.78, 5) is 0. The Bertz CT molecular complexity index is 1230. The number of hydrogen-bond donors (Lipinski definition) is 0. The van der Waals surface area contributed by atoms with E-state index in [1.54, 1.807) is 0 Å². The minimum Gasteiger partial charge on any atom is -0.0622 e. The molecular weight excluding hydrogens is 520 g/mol. The Morgan fingerprint density at radius 2 is 0.594 bits per heavy atom. The second kappa shape index (κ2) is 9.28. The molecule has 0 atom stereocenters. The summed E-state index contributed by atoms with van der Waals surface area (Å²) < 4.78 is 2.16. The summed E-state index contributed by atoms with van der Waals surface area (Å²) in [7, 11) is 0. The van der Waals surface area contributed by atoms with Gasteiger partial charge in [0.05, 0.1) is 0 Å². The quantitative estimate of drug-likeness (QED) is 0.213. The van der Waals surface area contributed by atoms with Crippen LogP contribution < -0.4 is 0 Å². The molecule has 32 heavy (non-hydrogen) atoms. The van der Waals surface area contributed by atoms with Crippen molar-refractivity contribution in [3.63, 3.8) is 0 Å². The molecule has 5 rings (SSSR count). The maximum absolute atomic E-state index is 3.81. The standard InChI is InChI=1S/C30H20Br2/c31-29-20-28(26-17-13-24(14-18-26)22-9-5-2-6-10-22)30(32)19-27(29)25-15-11-23(12-16-25)21-7-3-1-4-8-21/h1-20H. The first kappa shape index (κ1) is 20.9. The molecule has 154 valence electrons. The molecule has 5 aromatic carbocycles. The molecule has 0 aliphatic rings. The average Bonchev–Trinajstić information content (AvgIpc) is 2.86. The molecule has 0 aliphatic carbocycles. The van der Waals surface area contributed by atoms with E-state index in [-0.39, 0.29) is 0 Å². The molecule has 0 fully saturated rings. The van der Waals surface area contributed by atoms with Crippen LogP contribution in [0.4, 0.5) is 0 Å². The molecule has 0 saturated heterocycles. The maximum atomic E-state index is 3.81. The zero-order chi connectivity index (χ0) is 21.9. The van der Waals surface area contributed by atoms with Crippen LogP contribution in [0.5, 0.6) is 0 Å². The summed E-state index contributed by atoms with van der Waals surface area (Å²) in [6.45, 7) is 0. The van der Waals surface area contributed by atoms with Crippen molar-refractivity contribution in [1.82, 2.24) is 0 Å². The predicted octanol–water partition coefficient (Wildman–Crippen LogP) is 9.88. The second-order valence-electron chi connectivity index (χ2n) is 7.70. The summed E-state index contributed by atoms with van der Waals surface area (Å²) >= 11 is 7.62. The van der Waals surface area contributed by atoms with Crippen molar-refractivity contribution in [1.29, 1.82) is 0 Å². The van der Waals surface area contributed by atoms with Gasteiger partial charge < -0.3 is 0 Å². The van der Waals surface area contributed by atoms with E-state index >= 15 is 0 Å². The van der Waals surface area contributed by atoms with Crippen LogP contribution in [0, 0.1) is 0 Å². The van der Waals surface area contributed by atoms with E-state index in [0.717, 1.165) is 8.95 Å². The SMILES string of the molecule is Brc1cc(-c2ccc(-c3ccccc3)cc2)c(Br)cc1-c1ccc(-c2ccccc2)cc1. The summed E-state index contributed by atoms with van der Waals surface area (Å²) in [6, 6.07) is 42.8. The molecule has 0 amide bonds. The molecule has 0 radical (unpaired) electrons. The Morgan fingerprint density at radius 1 is 0.312 bits per heavy atom. The molecule has 2 heteroatoms. The van der Waals surface area contributed by atoms with Crippen molar-refractivity contribution in [2.24, 2.45) is 0 Å². The Labute approximate surface area is 205 Å². The minimum atomic E-state index is 1.08. The summed E-state index contributed by atoms with van der Waals surface area (Å²) in [6.07, 6.45) is 0. The normalized spacial score (nSPS) is 10.8. The van der Waals surface area contributed by atoms with E-state index in [2.05, 4.69) is 141 Å². The fourth-order valence-corrected chi connectivity index (χ4v) is 5.08. The highest BCUT2D eigenvalue weighted by Crippen LogP contribution is 2.39.